The molecule has 2 rings (SSSR count). The van der Waals surface area contributed by atoms with E-state index >= 15 is 0 Å². The fourth-order valence-corrected chi connectivity index (χ4v) is 2.07. The van der Waals surface area contributed by atoms with Gasteiger partial charge in [-0.25, -0.2) is 0 Å². The second-order valence-electron chi connectivity index (χ2n) is 4.48. The summed E-state index contributed by atoms with van der Waals surface area (Å²) >= 11 is 0. The van der Waals surface area contributed by atoms with Crippen molar-refractivity contribution in [1.82, 2.24) is 10.3 Å². The summed E-state index contributed by atoms with van der Waals surface area (Å²) in [6.45, 7) is 1.41. The van der Waals surface area contributed by atoms with Crippen LogP contribution in [0, 0.1) is 0 Å². The lowest BCUT2D eigenvalue weighted by Crippen LogP contribution is -2.13. The molecule has 1 aromatic heterocycles. The number of nitrogens with one attached hydrogen (secondary N) is 1. The molecule has 21 heavy (non-hydrogen) atoms. The van der Waals surface area contributed by atoms with Crippen molar-refractivity contribution in [2.24, 2.45) is 0 Å². The van der Waals surface area contributed by atoms with Gasteiger partial charge in [0.2, 0.25) is 0 Å². The second kappa shape index (κ2) is 7.50. The average molecular weight is 288 g/mol. The van der Waals surface area contributed by atoms with Crippen molar-refractivity contribution in [2.45, 2.75) is 13.1 Å². The van der Waals surface area contributed by atoms with Gasteiger partial charge in [-0.05, 0) is 17.7 Å². The Morgan fingerprint density at radius 2 is 1.67 bits per heavy atom. The van der Waals surface area contributed by atoms with E-state index < -0.39 is 0 Å². The van der Waals surface area contributed by atoms with Crippen molar-refractivity contribution in [3.05, 3.63) is 47.8 Å². The Labute approximate surface area is 124 Å². The average Bonchev–Trinajstić information content (AvgIpc) is 2.55. The van der Waals surface area contributed by atoms with Gasteiger partial charge >= 0.3 is 0 Å². The Morgan fingerprint density at radius 1 is 0.952 bits per heavy atom. The van der Waals surface area contributed by atoms with E-state index in [1.165, 1.54) is 0 Å². The van der Waals surface area contributed by atoms with Crippen LogP contribution in [0.3, 0.4) is 0 Å². The van der Waals surface area contributed by atoms with Gasteiger partial charge in [0, 0.05) is 37.1 Å². The van der Waals surface area contributed by atoms with Gasteiger partial charge < -0.3 is 19.5 Å². The molecule has 0 bridgehead atoms. The summed E-state index contributed by atoms with van der Waals surface area (Å²) in [6.07, 6.45) is 3.61. The number of methoxy groups -OCH3 is 3. The highest BCUT2D eigenvalue weighted by molar-refractivity contribution is 5.50. The molecule has 0 unspecified atom stereocenters. The second-order valence-corrected chi connectivity index (χ2v) is 4.48. The molecule has 112 valence electrons. The lowest BCUT2D eigenvalue weighted by Gasteiger charge is -2.14. The van der Waals surface area contributed by atoms with Crippen molar-refractivity contribution in [2.75, 3.05) is 21.3 Å². The van der Waals surface area contributed by atoms with Gasteiger partial charge in [0.1, 0.15) is 5.75 Å². The molecule has 1 aromatic carbocycles. The molecule has 5 heteroatoms. The van der Waals surface area contributed by atoms with E-state index in [0.717, 1.165) is 23.4 Å². The molecule has 2 aromatic rings. The number of hydrogen-bond donors (Lipinski definition) is 1. The maximum absolute atomic E-state index is 5.40. The maximum atomic E-state index is 5.40. The molecular formula is C16H20N2O3. The number of benzene rings is 1. The van der Waals surface area contributed by atoms with E-state index in [1.54, 1.807) is 27.5 Å². The first-order valence-corrected chi connectivity index (χ1v) is 6.67. The van der Waals surface area contributed by atoms with E-state index in [1.807, 2.05) is 30.5 Å². The summed E-state index contributed by atoms with van der Waals surface area (Å²) in [4.78, 5) is 4.09. The Kier molecular flexibility index (Phi) is 5.40. The number of aromatic nitrogens is 1. The van der Waals surface area contributed by atoms with Gasteiger partial charge in [0.05, 0.1) is 21.3 Å². The monoisotopic (exact) mass is 288 g/mol. The van der Waals surface area contributed by atoms with E-state index in [-0.39, 0.29) is 0 Å². The molecule has 0 atom stereocenters. The normalized spacial score (nSPS) is 10.2. The molecule has 0 radical (unpaired) electrons. The minimum absolute atomic E-state index is 0.658. The summed E-state index contributed by atoms with van der Waals surface area (Å²) in [6, 6.07) is 7.72. The number of pyridine rings is 1. The Bertz CT molecular complexity index is 573. The molecule has 0 spiro atoms. The molecule has 0 saturated heterocycles. The quantitative estimate of drug-likeness (QED) is 0.848. The zero-order chi connectivity index (χ0) is 15.1. The van der Waals surface area contributed by atoms with Crippen molar-refractivity contribution < 1.29 is 14.2 Å². The third-order valence-corrected chi connectivity index (χ3v) is 3.15. The van der Waals surface area contributed by atoms with Crippen LogP contribution >= 0.6 is 0 Å². The molecule has 5 nitrogen and oxygen atoms in total. The fourth-order valence-electron chi connectivity index (χ4n) is 2.07. The van der Waals surface area contributed by atoms with E-state index in [9.17, 15) is 0 Å². The van der Waals surface area contributed by atoms with Gasteiger partial charge in [-0.2, -0.15) is 0 Å². The molecule has 0 aliphatic heterocycles. The Balaban J connectivity index is 2.08. The third kappa shape index (κ3) is 3.86. The summed E-state index contributed by atoms with van der Waals surface area (Å²) in [5.74, 6) is 2.12. The van der Waals surface area contributed by atoms with E-state index in [0.29, 0.717) is 18.0 Å². The number of ether oxygens (including phenoxy) is 3. The molecule has 0 fully saturated rings. The highest BCUT2D eigenvalue weighted by Crippen LogP contribution is 2.34. The summed E-state index contributed by atoms with van der Waals surface area (Å²) < 4.78 is 16.0. The SMILES string of the molecule is COc1cc(OC)c(OC)cc1CNCc1cccnc1. The molecule has 0 amide bonds. The lowest BCUT2D eigenvalue weighted by molar-refractivity contribution is 0.347. The van der Waals surface area contributed by atoms with Crippen molar-refractivity contribution in [1.29, 1.82) is 0 Å². The van der Waals surface area contributed by atoms with Crippen LogP contribution in [0.4, 0.5) is 0 Å². The van der Waals surface area contributed by atoms with Crippen molar-refractivity contribution in [3.63, 3.8) is 0 Å². The van der Waals surface area contributed by atoms with Crippen LogP contribution in [0.5, 0.6) is 17.2 Å². The Morgan fingerprint density at radius 3 is 2.29 bits per heavy atom. The van der Waals surface area contributed by atoms with Crippen LogP contribution in [-0.2, 0) is 13.1 Å². The molecular weight excluding hydrogens is 268 g/mol. The van der Waals surface area contributed by atoms with Gasteiger partial charge in [-0.15, -0.1) is 0 Å². The van der Waals surface area contributed by atoms with Crippen molar-refractivity contribution >= 4 is 0 Å². The predicted molar refractivity (Wildman–Crippen MR) is 80.9 cm³/mol. The molecule has 0 saturated carbocycles. The molecule has 0 aliphatic carbocycles. The maximum Gasteiger partial charge on any atom is 0.164 e. The predicted octanol–water partition coefficient (Wildman–Crippen LogP) is 2.40. The fraction of sp³-hybridized carbons (Fsp3) is 0.312. The first-order chi connectivity index (χ1) is 10.3. The summed E-state index contributed by atoms with van der Waals surface area (Å²) in [5.41, 5.74) is 2.15. The van der Waals surface area contributed by atoms with E-state index in [4.69, 9.17) is 14.2 Å². The number of nitrogens with zero attached hydrogens (tertiary/aromatic N) is 1. The van der Waals surface area contributed by atoms with Crippen LogP contribution in [0.2, 0.25) is 0 Å². The van der Waals surface area contributed by atoms with Gasteiger partial charge in [0.15, 0.2) is 11.5 Å². The highest BCUT2D eigenvalue weighted by Gasteiger charge is 2.11. The molecule has 1 heterocycles. The largest absolute Gasteiger partial charge is 0.496 e. The minimum Gasteiger partial charge on any atom is -0.496 e. The summed E-state index contributed by atoms with van der Waals surface area (Å²) in [7, 11) is 4.88. The zero-order valence-electron chi connectivity index (χ0n) is 12.6. The van der Waals surface area contributed by atoms with Crippen LogP contribution in [0.15, 0.2) is 36.7 Å². The van der Waals surface area contributed by atoms with Crippen LogP contribution in [-0.4, -0.2) is 26.3 Å². The van der Waals surface area contributed by atoms with Crippen molar-refractivity contribution in [3.8, 4) is 17.2 Å². The lowest BCUT2D eigenvalue weighted by atomic mass is 10.1. The first kappa shape index (κ1) is 15.1. The summed E-state index contributed by atoms with van der Waals surface area (Å²) in [5, 5.41) is 3.37. The van der Waals surface area contributed by atoms with Gasteiger partial charge in [-0.1, -0.05) is 6.07 Å². The Hall–Kier alpha value is -2.27. The smallest absolute Gasteiger partial charge is 0.164 e. The van der Waals surface area contributed by atoms with Crippen LogP contribution < -0.4 is 19.5 Å². The standard InChI is InChI=1S/C16H20N2O3/c1-19-14-8-16(21-3)15(20-2)7-13(14)11-18-10-12-5-4-6-17-9-12/h4-9,18H,10-11H2,1-3H3. The molecule has 1 N–H and O–H groups in total. The third-order valence-electron chi connectivity index (χ3n) is 3.15. The van der Waals surface area contributed by atoms with Gasteiger partial charge in [-0.3, -0.25) is 4.98 Å². The van der Waals surface area contributed by atoms with E-state index in [2.05, 4.69) is 10.3 Å². The number of hydrogen-bond acceptors (Lipinski definition) is 5. The van der Waals surface area contributed by atoms with Crippen LogP contribution in [0.1, 0.15) is 11.1 Å². The minimum atomic E-state index is 0.658. The highest BCUT2D eigenvalue weighted by atomic mass is 16.5. The zero-order valence-corrected chi connectivity index (χ0v) is 12.6. The topological polar surface area (TPSA) is 52.6 Å². The number of rotatable bonds is 7. The first-order valence-electron chi connectivity index (χ1n) is 6.67. The van der Waals surface area contributed by atoms with Crippen LogP contribution in [0.25, 0.3) is 0 Å². The molecule has 0 aliphatic rings. The van der Waals surface area contributed by atoms with Gasteiger partial charge in [0.25, 0.3) is 0 Å².